The lowest BCUT2D eigenvalue weighted by Crippen LogP contribution is -1.99. The maximum Gasteiger partial charge on any atom is 0.203 e. The number of ether oxygens (including phenoxy) is 2. The van der Waals surface area contributed by atoms with Gasteiger partial charge in [0.25, 0.3) is 0 Å². The number of hydrogen-bond donors (Lipinski definition) is 0. The number of methoxy groups -OCH3 is 2. The molecule has 1 heterocycles. The Balaban J connectivity index is 2.31. The molecule has 0 saturated heterocycles. The van der Waals surface area contributed by atoms with E-state index in [4.69, 9.17) is 9.47 Å². The molecule has 0 unspecified atom stereocenters. The Morgan fingerprint density at radius 2 is 1.94 bits per heavy atom. The van der Waals surface area contributed by atoms with Crippen molar-refractivity contribution in [3.05, 3.63) is 45.6 Å². The first kappa shape index (κ1) is 12.6. The van der Waals surface area contributed by atoms with Gasteiger partial charge in [0.15, 0.2) is 0 Å². The summed E-state index contributed by atoms with van der Waals surface area (Å²) in [6.07, 6.45) is 0. The number of aryl methyl sites for hydroxylation is 1. The molecule has 0 atom stereocenters. The fourth-order valence-corrected chi connectivity index (χ4v) is 2.52. The van der Waals surface area contributed by atoms with E-state index in [1.165, 1.54) is 11.3 Å². The van der Waals surface area contributed by atoms with Crippen LogP contribution < -0.4 is 9.47 Å². The van der Waals surface area contributed by atoms with Crippen LogP contribution in [0, 0.1) is 6.92 Å². The van der Waals surface area contributed by atoms with Gasteiger partial charge in [-0.2, -0.15) is 0 Å². The van der Waals surface area contributed by atoms with Crippen LogP contribution in [-0.2, 0) is 0 Å². The van der Waals surface area contributed by atoms with Crippen LogP contribution in [0.25, 0.3) is 0 Å². The molecule has 0 aliphatic heterocycles. The Kier molecular flexibility index (Phi) is 3.67. The Hall–Kier alpha value is -1.81. The highest BCUT2D eigenvalue weighted by atomic mass is 32.1. The van der Waals surface area contributed by atoms with Crippen LogP contribution in [0.15, 0.2) is 29.6 Å². The quantitative estimate of drug-likeness (QED) is 0.793. The zero-order chi connectivity index (χ0) is 13.1. The zero-order valence-corrected chi connectivity index (χ0v) is 11.3. The third-order valence-electron chi connectivity index (χ3n) is 2.69. The maximum atomic E-state index is 12.2. The lowest BCUT2D eigenvalue weighted by Gasteiger charge is -2.05. The van der Waals surface area contributed by atoms with E-state index >= 15 is 0 Å². The third-order valence-corrected chi connectivity index (χ3v) is 3.60. The molecule has 1 aromatic carbocycles. The van der Waals surface area contributed by atoms with Crippen LogP contribution in [0.2, 0.25) is 0 Å². The van der Waals surface area contributed by atoms with Crippen LogP contribution in [0.3, 0.4) is 0 Å². The molecule has 2 rings (SSSR count). The first-order valence-electron chi connectivity index (χ1n) is 5.47. The van der Waals surface area contributed by atoms with Crippen LogP contribution in [0.4, 0.5) is 0 Å². The zero-order valence-electron chi connectivity index (χ0n) is 10.5. The van der Waals surface area contributed by atoms with E-state index in [0.717, 1.165) is 11.3 Å². The summed E-state index contributed by atoms with van der Waals surface area (Å²) in [5.74, 6) is 1.51. The van der Waals surface area contributed by atoms with E-state index in [9.17, 15) is 4.79 Å². The first-order valence-corrected chi connectivity index (χ1v) is 6.35. The average molecular weight is 262 g/mol. The highest BCUT2D eigenvalue weighted by Gasteiger charge is 2.13. The van der Waals surface area contributed by atoms with Crippen molar-refractivity contribution >= 4 is 17.1 Å². The number of thiophene rings is 1. The summed E-state index contributed by atoms with van der Waals surface area (Å²) in [5.41, 5.74) is 1.62. The summed E-state index contributed by atoms with van der Waals surface area (Å²) in [5, 5.41) is 1.82. The van der Waals surface area contributed by atoms with Crippen molar-refractivity contribution in [1.82, 2.24) is 0 Å². The number of rotatable bonds is 4. The first-order chi connectivity index (χ1) is 8.65. The van der Waals surface area contributed by atoms with E-state index in [1.54, 1.807) is 26.4 Å². The van der Waals surface area contributed by atoms with Crippen molar-refractivity contribution < 1.29 is 14.3 Å². The molecule has 0 radical (unpaired) electrons. The number of hydrogen-bond acceptors (Lipinski definition) is 4. The Labute approximate surface area is 110 Å². The minimum absolute atomic E-state index is 0.00838. The molecule has 0 saturated carbocycles. The van der Waals surface area contributed by atoms with Gasteiger partial charge in [0.05, 0.1) is 19.1 Å². The summed E-state index contributed by atoms with van der Waals surface area (Å²) in [6, 6.07) is 7.19. The normalized spacial score (nSPS) is 10.2. The van der Waals surface area contributed by atoms with Gasteiger partial charge in [-0.15, -0.1) is 11.3 Å². The molecule has 0 fully saturated rings. The van der Waals surface area contributed by atoms with Crippen molar-refractivity contribution in [3.8, 4) is 11.5 Å². The van der Waals surface area contributed by atoms with E-state index < -0.39 is 0 Å². The van der Waals surface area contributed by atoms with Crippen LogP contribution in [0.1, 0.15) is 20.8 Å². The minimum Gasteiger partial charge on any atom is -0.496 e. The summed E-state index contributed by atoms with van der Waals surface area (Å²) < 4.78 is 10.3. The summed E-state index contributed by atoms with van der Waals surface area (Å²) in [6.45, 7) is 1.92. The molecule has 1 aromatic heterocycles. The second kappa shape index (κ2) is 5.23. The molecule has 0 bridgehead atoms. The van der Waals surface area contributed by atoms with Crippen LogP contribution >= 0.6 is 11.3 Å². The van der Waals surface area contributed by atoms with Gasteiger partial charge in [-0.25, -0.2) is 0 Å². The van der Waals surface area contributed by atoms with Crippen molar-refractivity contribution in [2.75, 3.05) is 14.2 Å². The third kappa shape index (κ3) is 2.38. The molecule has 0 aliphatic carbocycles. The van der Waals surface area contributed by atoms with Crippen molar-refractivity contribution in [3.63, 3.8) is 0 Å². The monoisotopic (exact) mass is 262 g/mol. The molecule has 18 heavy (non-hydrogen) atoms. The second-order valence-electron chi connectivity index (χ2n) is 3.86. The van der Waals surface area contributed by atoms with E-state index in [-0.39, 0.29) is 5.78 Å². The van der Waals surface area contributed by atoms with Gasteiger partial charge < -0.3 is 9.47 Å². The SMILES string of the molecule is COc1csc(C(=O)c2ccc(OC)c(C)c2)c1. The smallest absolute Gasteiger partial charge is 0.203 e. The van der Waals surface area contributed by atoms with Gasteiger partial charge in [0.1, 0.15) is 11.5 Å². The van der Waals surface area contributed by atoms with Crippen LogP contribution in [-0.4, -0.2) is 20.0 Å². The number of carbonyl (C=O) groups is 1. The molecule has 0 N–H and O–H groups in total. The average Bonchev–Trinajstić information content (AvgIpc) is 2.86. The molecule has 0 spiro atoms. The van der Waals surface area contributed by atoms with Gasteiger partial charge in [0.2, 0.25) is 5.78 Å². The molecule has 94 valence electrons. The number of carbonyl (C=O) groups excluding carboxylic acids is 1. The summed E-state index contributed by atoms with van der Waals surface area (Å²) in [7, 11) is 3.21. The van der Waals surface area contributed by atoms with Crippen molar-refractivity contribution in [1.29, 1.82) is 0 Å². The standard InChI is InChI=1S/C14H14O3S/c1-9-6-10(4-5-12(9)17-3)14(15)13-7-11(16-2)8-18-13/h4-8H,1-3H3. The minimum atomic E-state index is 0.00838. The molecular formula is C14H14O3S. The lowest BCUT2D eigenvalue weighted by molar-refractivity contribution is 0.104. The molecule has 0 aliphatic rings. The fraction of sp³-hybridized carbons (Fsp3) is 0.214. The fourth-order valence-electron chi connectivity index (χ4n) is 1.71. The predicted octanol–water partition coefficient (Wildman–Crippen LogP) is 3.30. The Bertz CT molecular complexity index is 572. The van der Waals surface area contributed by atoms with Crippen molar-refractivity contribution in [2.24, 2.45) is 0 Å². The Morgan fingerprint density at radius 1 is 1.17 bits per heavy atom. The number of ketones is 1. The van der Waals surface area contributed by atoms with Gasteiger partial charge >= 0.3 is 0 Å². The van der Waals surface area contributed by atoms with Gasteiger partial charge in [-0.05, 0) is 30.7 Å². The number of benzene rings is 1. The molecule has 0 amide bonds. The molecule has 2 aromatic rings. The predicted molar refractivity (Wildman–Crippen MR) is 72.0 cm³/mol. The Morgan fingerprint density at radius 3 is 2.50 bits per heavy atom. The highest BCUT2D eigenvalue weighted by molar-refractivity contribution is 7.12. The molecule has 4 heteroatoms. The summed E-state index contributed by atoms with van der Waals surface area (Å²) >= 11 is 1.39. The van der Waals surface area contributed by atoms with Crippen LogP contribution in [0.5, 0.6) is 11.5 Å². The van der Waals surface area contributed by atoms with Gasteiger partial charge in [-0.3, -0.25) is 4.79 Å². The van der Waals surface area contributed by atoms with E-state index in [0.29, 0.717) is 16.2 Å². The lowest BCUT2D eigenvalue weighted by atomic mass is 10.1. The van der Waals surface area contributed by atoms with Gasteiger partial charge in [-0.1, -0.05) is 0 Å². The molecular weight excluding hydrogens is 248 g/mol. The van der Waals surface area contributed by atoms with Crippen molar-refractivity contribution in [2.45, 2.75) is 6.92 Å². The molecule has 3 nitrogen and oxygen atoms in total. The van der Waals surface area contributed by atoms with Gasteiger partial charge in [0, 0.05) is 17.0 Å². The van der Waals surface area contributed by atoms with E-state index in [2.05, 4.69) is 0 Å². The maximum absolute atomic E-state index is 12.2. The highest BCUT2D eigenvalue weighted by Crippen LogP contribution is 2.25. The summed E-state index contributed by atoms with van der Waals surface area (Å²) in [4.78, 5) is 12.9. The second-order valence-corrected chi connectivity index (χ2v) is 4.78. The topological polar surface area (TPSA) is 35.5 Å². The van der Waals surface area contributed by atoms with E-state index in [1.807, 2.05) is 24.4 Å². The largest absolute Gasteiger partial charge is 0.496 e.